The lowest BCUT2D eigenvalue weighted by molar-refractivity contribution is 0.103. The molecule has 1 aromatic heterocycles. The first-order chi connectivity index (χ1) is 11.3. The van der Waals surface area contributed by atoms with Gasteiger partial charge in [-0.25, -0.2) is 4.39 Å². The summed E-state index contributed by atoms with van der Waals surface area (Å²) in [6.45, 7) is 3.76. The Morgan fingerprint density at radius 1 is 1.46 bits per heavy atom. The molecule has 0 radical (unpaired) electrons. The third kappa shape index (κ3) is 2.52. The summed E-state index contributed by atoms with van der Waals surface area (Å²) in [4.78, 5) is 12.9. The number of nitrogens with two attached hydrogens (primary N) is 1. The fourth-order valence-corrected chi connectivity index (χ4v) is 3.51. The average Bonchev–Trinajstić information content (AvgIpc) is 2.85. The standard InChI is InChI=1S/C17H12BrClFN3O/c1-3-13-10-7-12(21)14(15(18)16(10)22-23(13)2)17(24)9-6-8(20)4-5-11(9)19/h3-7H,1,21H2,2H3. The zero-order valence-electron chi connectivity index (χ0n) is 12.6. The van der Waals surface area contributed by atoms with E-state index in [1.165, 1.54) is 12.1 Å². The van der Waals surface area contributed by atoms with Gasteiger partial charge in [0.05, 0.1) is 20.8 Å². The van der Waals surface area contributed by atoms with Crippen LogP contribution in [-0.2, 0) is 7.05 Å². The lowest BCUT2D eigenvalue weighted by Gasteiger charge is -2.10. The molecule has 7 heteroatoms. The van der Waals surface area contributed by atoms with Gasteiger partial charge in [0.25, 0.3) is 0 Å². The number of halogens is 3. The Bertz CT molecular complexity index is 1010. The van der Waals surface area contributed by atoms with Gasteiger partial charge in [-0.1, -0.05) is 18.2 Å². The lowest BCUT2D eigenvalue weighted by atomic mass is 9.99. The van der Waals surface area contributed by atoms with E-state index in [2.05, 4.69) is 27.6 Å². The van der Waals surface area contributed by atoms with Crippen LogP contribution in [0.4, 0.5) is 10.1 Å². The predicted molar refractivity (Wildman–Crippen MR) is 97.8 cm³/mol. The molecule has 2 N–H and O–H groups in total. The van der Waals surface area contributed by atoms with E-state index in [4.69, 9.17) is 17.3 Å². The Morgan fingerprint density at radius 3 is 2.83 bits per heavy atom. The molecule has 0 unspecified atom stereocenters. The van der Waals surface area contributed by atoms with E-state index < -0.39 is 11.6 Å². The number of hydrogen-bond donors (Lipinski definition) is 1. The molecular formula is C17H12BrClFN3O. The number of hydrogen-bond acceptors (Lipinski definition) is 3. The SMILES string of the molecule is C=Cc1c2cc(N)c(C(=O)c3cc(F)ccc3Cl)c(Br)c2nn1C. The van der Waals surface area contributed by atoms with E-state index in [1.54, 1.807) is 23.9 Å². The summed E-state index contributed by atoms with van der Waals surface area (Å²) in [5.41, 5.74) is 7.92. The topological polar surface area (TPSA) is 60.9 Å². The molecule has 24 heavy (non-hydrogen) atoms. The van der Waals surface area contributed by atoms with Crippen molar-refractivity contribution in [2.24, 2.45) is 7.05 Å². The molecule has 3 aromatic rings. The highest BCUT2D eigenvalue weighted by atomic mass is 79.9. The number of aromatic nitrogens is 2. The maximum absolute atomic E-state index is 13.5. The van der Waals surface area contributed by atoms with Crippen LogP contribution in [0, 0.1) is 5.82 Å². The number of nitrogen functional groups attached to an aromatic ring is 1. The van der Waals surface area contributed by atoms with Gasteiger partial charge in [0.1, 0.15) is 11.3 Å². The smallest absolute Gasteiger partial charge is 0.197 e. The third-order valence-corrected chi connectivity index (χ3v) is 4.84. The fraction of sp³-hybridized carbons (Fsp3) is 0.0588. The summed E-state index contributed by atoms with van der Waals surface area (Å²) in [5, 5.41) is 5.30. The highest BCUT2D eigenvalue weighted by molar-refractivity contribution is 9.10. The predicted octanol–water partition coefficient (Wildman–Crippen LogP) is 4.58. The van der Waals surface area contributed by atoms with Gasteiger partial charge >= 0.3 is 0 Å². The number of fused-ring (bicyclic) bond motifs is 1. The van der Waals surface area contributed by atoms with Crippen LogP contribution in [0.15, 0.2) is 35.3 Å². The Labute approximate surface area is 150 Å². The van der Waals surface area contributed by atoms with Gasteiger partial charge in [-0.05, 0) is 46.3 Å². The van der Waals surface area contributed by atoms with Crippen LogP contribution in [0.1, 0.15) is 21.6 Å². The van der Waals surface area contributed by atoms with Crippen molar-refractivity contribution in [2.75, 3.05) is 5.73 Å². The van der Waals surface area contributed by atoms with E-state index in [-0.39, 0.29) is 21.8 Å². The minimum atomic E-state index is -0.551. The van der Waals surface area contributed by atoms with E-state index in [9.17, 15) is 9.18 Å². The van der Waals surface area contributed by atoms with Crippen LogP contribution in [0.25, 0.3) is 17.0 Å². The van der Waals surface area contributed by atoms with Gasteiger partial charge < -0.3 is 5.73 Å². The maximum atomic E-state index is 13.5. The largest absolute Gasteiger partial charge is 0.398 e. The van der Waals surface area contributed by atoms with Crippen LogP contribution in [0.3, 0.4) is 0 Å². The van der Waals surface area contributed by atoms with Crippen LogP contribution in [0.2, 0.25) is 5.02 Å². The van der Waals surface area contributed by atoms with Crippen LogP contribution >= 0.6 is 27.5 Å². The molecule has 0 aliphatic carbocycles. The van der Waals surface area contributed by atoms with Crippen molar-refractivity contribution >= 4 is 56.0 Å². The van der Waals surface area contributed by atoms with Gasteiger partial charge in [0.2, 0.25) is 0 Å². The molecule has 0 spiro atoms. The zero-order valence-corrected chi connectivity index (χ0v) is 14.9. The number of aryl methyl sites for hydroxylation is 1. The number of anilines is 1. The molecule has 122 valence electrons. The van der Waals surface area contributed by atoms with E-state index in [0.29, 0.717) is 9.99 Å². The number of rotatable bonds is 3. The molecule has 1 heterocycles. The second-order valence-electron chi connectivity index (χ2n) is 5.22. The lowest BCUT2D eigenvalue weighted by Crippen LogP contribution is -2.08. The molecule has 0 bridgehead atoms. The molecule has 0 fully saturated rings. The first-order valence-electron chi connectivity index (χ1n) is 6.92. The van der Waals surface area contributed by atoms with Crippen LogP contribution < -0.4 is 5.73 Å². The summed E-state index contributed by atoms with van der Waals surface area (Å²) < 4.78 is 15.6. The van der Waals surface area contributed by atoms with Crippen molar-refractivity contribution in [3.63, 3.8) is 0 Å². The molecule has 0 saturated heterocycles. The molecule has 4 nitrogen and oxygen atoms in total. The monoisotopic (exact) mass is 407 g/mol. The molecule has 0 atom stereocenters. The second-order valence-corrected chi connectivity index (χ2v) is 6.42. The zero-order chi connectivity index (χ0) is 17.6. The summed E-state index contributed by atoms with van der Waals surface area (Å²) in [6, 6.07) is 5.28. The van der Waals surface area contributed by atoms with Crippen molar-refractivity contribution in [3.8, 4) is 0 Å². The summed E-state index contributed by atoms with van der Waals surface area (Å²) in [5.74, 6) is -1.03. The van der Waals surface area contributed by atoms with Gasteiger partial charge in [-0.3, -0.25) is 9.48 Å². The Kier molecular flexibility index (Phi) is 4.19. The molecule has 2 aromatic carbocycles. The average molecular weight is 409 g/mol. The van der Waals surface area contributed by atoms with Crippen LogP contribution in [-0.4, -0.2) is 15.6 Å². The summed E-state index contributed by atoms with van der Waals surface area (Å²) >= 11 is 9.44. The summed E-state index contributed by atoms with van der Waals surface area (Å²) in [6.07, 6.45) is 1.66. The van der Waals surface area contributed by atoms with Crippen molar-refractivity contribution in [1.29, 1.82) is 0 Å². The molecule has 0 aliphatic heterocycles. The Balaban J connectivity index is 2.28. The van der Waals surface area contributed by atoms with Crippen molar-refractivity contribution in [1.82, 2.24) is 9.78 Å². The van der Waals surface area contributed by atoms with Crippen molar-refractivity contribution < 1.29 is 9.18 Å². The minimum Gasteiger partial charge on any atom is -0.398 e. The number of benzene rings is 2. The third-order valence-electron chi connectivity index (χ3n) is 3.74. The van der Waals surface area contributed by atoms with E-state index in [1.807, 2.05) is 0 Å². The summed E-state index contributed by atoms with van der Waals surface area (Å²) in [7, 11) is 1.77. The Hall–Kier alpha value is -2.18. The highest BCUT2D eigenvalue weighted by Crippen LogP contribution is 2.36. The van der Waals surface area contributed by atoms with Crippen molar-refractivity contribution in [2.45, 2.75) is 0 Å². The van der Waals surface area contributed by atoms with Crippen LogP contribution in [0.5, 0.6) is 0 Å². The number of nitrogens with zero attached hydrogens (tertiary/aromatic N) is 2. The second kappa shape index (κ2) is 6.03. The number of ketones is 1. The number of carbonyl (C=O) groups excluding carboxylic acids is 1. The molecule has 0 amide bonds. The van der Waals surface area contributed by atoms with Crippen molar-refractivity contribution in [3.05, 3.63) is 63.0 Å². The number of carbonyl (C=O) groups is 1. The van der Waals surface area contributed by atoms with Gasteiger partial charge in [0.15, 0.2) is 5.78 Å². The molecule has 0 saturated carbocycles. The van der Waals surface area contributed by atoms with Gasteiger partial charge in [-0.2, -0.15) is 5.10 Å². The van der Waals surface area contributed by atoms with E-state index in [0.717, 1.165) is 17.1 Å². The van der Waals surface area contributed by atoms with Gasteiger partial charge in [-0.15, -0.1) is 0 Å². The fourth-order valence-electron chi connectivity index (χ4n) is 2.61. The Morgan fingerprint density at radius 2 is 2.17 bits per heavy atom. The maximum Gasteiger partial charge on any atom is 0.197 e. The van der Waals surface area contributed by atoms with Gasteiger partial charge in [0, 0.05) is 23.7 Å². The normalized spacial score (nSPS) is 11.0. The minimum absolute atomic E-state index is 0.0447. The molecular weight excluding hydrogens is 397 g/mol. The first kappa shape index (κ1) is 16.7. The molecule has 0 aliphatic rings. The first-order valence-corrected chi connectivity index (χ1v) is 8.09. The molecule has 3 rings (SSSR count). The van der Waals surface area contributed by atoms with E-state index >= 15 is 0 Å². The quantitative estimate of drug-likeness (QED) is 0.509. The highest BCUT2D eigenvalue weighted by Gasteiger charge is 2.23.